The molecule has 0 aliphatic carbocycles. The van der Waals surface area contributed by atoms with Gasteiger partial charge in [0.15, 0.2) is 5.79 Å². The summed E-state index contributed by atoms with van der Waals surface area (Å²) < 4.78 is 22.3. The molecule has 1 aliphatic rings. The molecule has 6 nitrogen and oxygen atoms in total. The second-order valence-corrected chi connectivity index (χ2v) is 13.1. The Hall–Kier alpha value is -3.48. The van der Waals surface area contributed by atoms with E-state index in [1.807, 2.05) is 51.1 Å². The minimum Gasteiger partial charge on any atom is -0.469 e. The highest BCUT2D eigenvalue weighted by molar-refractivity contribution is 5.89. The number of hydrogen-bond acceptors (Lipinski definition) is 6. The summed E-state index contributed by atoms with van der Waals surface area (Å²) in [5, 5.41) is 0. The van der Waals surface area contributed by atoms with Crippen molar-refractivity contribution in [2.24, 2.45) is 11.8 Å². The number of esters is 2. The van der Waals surface area contributed by atoms with Crippen LogP contribution in [0.1, 0.15) is 99.7 Å². The summed E-state index contributed by atoms with van der Waals surface area (Å²) in [5.74, 6) is -0.754. The molecule has 3 aromatic rings. The van der Waals surface area contributed by atoms with Gasteiger partial charge in [0.1, 0.15) is 0 Å². The van der Waals surface area contributed by atoms with E-state index in [1.54, 1.807) is 0 Å². The molecule has 0 amide bonds. The molecule has 0 radical (unpaired) electrons. The van der Waals surface area contributed by atoms with E-state index in [0.29, 0.717) is 30.9 Å². The van der Waals surface area contributed by atoms with Crippen molar-refractivity contribution >= 4 is 11.9 Å². The molecule has 1 saturated heterocycles. The zero-order chi connectivity index (χ0) is 32.5. The van der Waals surface area contributed by atoms with Crippen molar-refractivity contribution < 1.29 is 28.5 Å². The van der Waals surface area contributed by atoms with Gasteiger partial charge in [-0.3, -0.25) is 4.79 Å². The number of rotatable bonds is 15. The van der Waals surface area contributed by atoms with Gasteiger partial charge in [0, 0.05) is 11.8 Å². The van der Waals surface area contributed by atoms with E-state index in [9.17, 15) is 9.59 Å². The molecule has 0 bridgehead atoms. The molecule has 1 aliphatic heterocycles. The van der Waals surface area contributed by atoms with Gasteiger partial charge in [0.05, 0.1) is 37.9 Å². The lowest BCUT2D eigenvalue weighted by atomic mass is 9.63. The van der Waals surface area contributed by atoms with Gasteiger partial charge in [0.2, 0.25) is 0 Å². The third kappa shape index (κ3) is 9.05. The van der Waals surface area contributed by atoms with Crippen LogP contribution in [0.3, 0.4) is 0 Å². The summed E-state index contributed by atoms with van der Waals surface area (Å²) in [4.78, 5) is 26.0. The molecule has 3 aromatic carbocycles. The molecule has 5 unspecified atom stereocenters. The summed E-state index contributed by atoms with van der Waals surface area (Å²) in [6.45, 7) is 11.0. The van der Waals surface area contributed by atoms with E-state index in [-0.39, 0.29) is 36.5 Å². The van der Waals surface area contributed by atoms with Crippen LogP contribution in [0, 0.1) is 11.8 Å². The summed E-state index contributed by atoms with van der Waals surface area (Å²) in [7, 11) is 1.45. The normalized spacial score (nSPS) is 19.2. The van der Waals surface area contributed by atoms with E-state index in [0.717, 1.165) is 30.4 Å². The molecule has 0 N–H and O–H groups in total. The number of benzene rings is 3. The van der Waals surface area contributed by atoms with Gasteiger partial charge < -0.3 is 18.9 Å². The van der Waals surface area contributed by atoms with Crippen molar-refractivity contribution in [1.29, 1.82) is 0 Å². The summed E-state index contributed by atoms with van der Waals surface area (Å²) in [5.41, 5.74) is 3.47. The monoisotopic (exact) mass is 614 g/mol. The van der Waals surface area contributed by atoms with Crippen LogP contribution in [0.4, 0.5) is 0 Å². The minimum atomic E-state index is -0.602. The zero-order valence-corrected chi connectivity index (χ0v) is 27.8. The maximum Gasteiger partial charge on any atom is 0.338 e. The molecule has 242 valence electrons. The fourth-order valence-corrected chi connectivity index (χ4v) is 6.62. The fraction of sp³-hybridized carbons (Fsp3) is 0.487. The molecule has 0 saturated carbocycles. The van der Waals surface area contributed by atoms with Gasteiger partial charge in [-0.05, 0) is 73.8 Å². The standard InChI is InChI=1S/C39H50O6/c1-7-28(2)24-32(30-14-10-8-11-15-30)26-39(25-29(3)36(40)42-6,33-16-12-9-13-17-33)34-20-18-31(19-21-34)37(41)43-23-22-35-27-44-38(4,5)45-35/h8-21,28-29,32,35H,7,22-27H2,1-6H3. The van der Waals surface area contributed by atoms with E-state index in [4.69, 9.17) is 18.9 Å². The Labute approximate surface area is 269 Å². The number of methoxy groups -OCH3 is 1. The van der Waals surface area contributed by atoms with Crippen molar-refractivity contribution in [3.8, 4) is 0 Å². The summed E-state index contributed by atoms with van der Waals surface area (Å²) in [6.07, 6.45) is 3.97. The number of carbonyl (C=O) groups excluding carboxylic acids is 2. The highest BCUT2D eigenvalue weighted by Gasteiger charge is 2.40. The van der Waals surface area contributed by atoms with E-state index in [1.165, 1.54) is 12.7 Å². The summed E-state index contributed by atoms with van der Waals surface area (Å²) >= 11 is 0. The van der Waals surface area contributed by atoms with Gasteiger partial charge in [-0.2, -0.15) is 0 Å². The minimum absolute atomic E-state index is 0.0912. The largest absolute Gasteiger partial charge is 0.469 e. The van der Waals surface area contributed by atoms with Crippen LogP contribution in [0.5, 0.6) is 0 Å². The first-order chi connectivity index (χ1) is 21.6. The second-order valence-electron chi connectivity index (χ2n) is 13.1. The number of carbonyl (C=O) groups is 2. The fourth-order valence-electron chi connectivity index (χ4n) is 6.62. The molecular formula is C39H50O6. The van der Waals surface area contributed by atoms with Crippen molar-refractivity contribution in [3.05, 3.63) is 107 Å². The van der Waals surface area contributed by atoms with Gasteiger partial charge in [-0.25, -0.2) is 4.79 Å². The predicted octanol–water partition coefficient (Wildman–Crippen LogP) is 8.48. The molecule has 0 aromatic heterocycles. The maximum atomic E-state index is 13.0. The van der Waals surface area contributed by atoms with Crippen LogP contribution in [-0.4, -0.2) is 44.2 Å². The Kier molecular flexibility index (Phi) is 12.0. The third-order valence-corrected chi connectivity index (χ3v) is 9.25. The van der Waals surface area contributed by atoms with Gasteiger partial charge in [0.25, 0.3) is 0 Å². The molecule has 0 spiro atoms. The predicted molar refractivity (Wildman–Crippen MR) is 177 cm³/mol. The lowest BCUT2D eigenvalue weighted by Crippen LogP contribution is -2.35. The van der Waals surface area contributed by atoms with Crippen LogP contribution in [-0.2, 0) is 29.2 Å². The molecule has 1 fully saturated rings. The Morgan fingerprint density at radius 2 is 1.53 bits per heavy atom. The Morgan fingerprint density at radius 3 is 2.11 bits per heavy atom. The smallest absolute Gasteiger partial charge is 0.338 e. The molecule has 5 atom stereocenters. The number of ether oxygens (including phenoxy) is 4. The molecule has 4 rings (SSSR count). The van der Waals surface area contributed by atoms with E-state index in [2.05, 4.69) is 68.4 Å². The average Bonchev–Trinajstić information content (AvgIpc) is 3.42. The van der Waals surface area contributed by atoms with Crippen LogP contribution in [0.2, 0.25) is 0 Å². The quantitative estimate of drug-likeness (QED) is 0.160. The average molecular weight is 615 g/mol. The zero-order valence-electron chi connectivity index (χ0n) is 27.8. The van der Waals surface area contributed by atoms with Crippen molar-refractivity contribution in [2.45, 2.75) is 89.9 Å². The topological polar surface area (TPSA) is 71.1 Å². The molecule has 1 heterocycles. The van der Waals surface area contributed by atoms with Gasteiger partial charge >= 0.3 is 11.9 Å². The highest BCUT2D eigenvalue weighted by Crippen LogP contribution is 2.47. The molecule has 6 heteroatoms. The Morgan fingerprint density at radius 1 is 0.911 bits per heavy atom. The van der Waals surface area contributed by atoms with Gasteiger partial charge in [-0.1, -0.05) is 100.0 Å². The van der Waals surface area contributed by atoms with Crippen LogP contribution >= 0.6 is 0 Å². The van der Waals surface area contributed by atoms with E-state index >= 15 is 0 Å². The maximum absolute atomic E-state index is 13.0. The first-order valence-electron chi connectivity index (χ1n) is 16.3. The third-order valence-electron chi connectivity index (χ3n) is 9.25. The molecular weight excluding hydrogens is 564 g/mol. The first kappa shape index (κ1) is 34.4. The number of hydrogen-bond donors (Lipinski definition) is 0. The summed E-state index contributed by atoms with van der Waals surface area (Å²) in [6, 6.07) is 28.9. The van der Waals surface area contributed by atoms with Crippen LogP contribution in [0.25, 0.3) is 0 Å². The highest BCUT2D eigenvalue weighted by atomic mass is 16.7. The van der Waals surface area contributed by atoms with Crippen LogP contribution in [0.15, 0.2) is 84.9 Å². The SMILES string of the molecule is CCC(C)CC(CC(CC(C)C(=O)OC)(c1ccccc1)c1ccc(C(=O)OCCC2COC(C)(C)O2)cc1)c1ccccc1. The lowest BCUT2D eigenvalue weighted by molar-refractivity contribution is -0.145. The van der Waals surface area contributed by atoms with Gasteiger partial charge in [-0.15, -0.1) is 0 Å². The van der Waals surface area contributed by atoms with Crippen molar-refractivity contribution in [2.75, 3.05) is 20.3 Å². The Balaban J connectivity index is 1.68. The first-order valence-corrected chi connectivity index (χ1v) is 16.3. The Bertz CT molecular complexity index is 1350. The second kappa shape index (κ2) is 15.7. The lowest BCUT2D eigenvalue weighted by Gasteiger charge is -2.40. The van der Waals surface area contributed by atoms with E-state index < -0.39 is 11.2 Å². The molecule has 45 heavy (non-hydrogen) atoms. The van der Waals surface area contributed by atoms with Crippen molar-refractivity contribution in [3.63, 3.8) is 0 Å². The van der Waals surface area contributed by atoms with Crippen molar-refractivity contribution in [1.82, 2.24) is 0 Å². The van der Waals surface area contributed by atoms with Crippen LogP contribution < -0.4 is 0 Å².